The minimum absolute atomic E-state index is 0.322. The van der Waals surface area contributed by atoms with Crippen LogP contribution in [0, 0.1) is 5.92 Å². The first-order valence-electron chi connectivity index (χ1n) is 7.61. The normalized spacial score (nSPS) is 14.9. The Morgan fingerprint density at radius 3 is 2.00 bits per heavy atom. The van der Waals surface area contributed by atoms with Crippen LogP contribution < -0.4 is 0 Å². The summed E-state index contributed by atoms with van der Waals surface area (Å²) in [5.41, 5.74) is 1.55. The fourth-order valence-corrected chi connectivity index (χ4v) is 5.29. The third-order valence-electron chi connectivity index (χ3n) is 3.55. The van der Waals surface area contributed by atoms with Gasteiger partial charge in [-0.2, -0.15) is 0 Å². The van der Waals surface area contributed by atoms with Gasteiger partial charge < -0.3 is 13.3 Å². The van der Waals surface area contributed by atoms with E-state index in [1.54, 1.807) is 21.3 Å². The van der Waals surface area contributed by atoms with E-state index in [0.717, 1.165) is 32.2 Å². The van der Waals surface area contributed by atoms with E-state index in [1.807, 2.05) is 0 Å². The molecule has 0 fully saturated rings. The van der Waals surface area contributed by atoms with Crippen LogP contribution in [0.15, 0.2) is 4.99 Å². The Balaban J connectivity index is 4.62. The van der Waals surface area contributed by atoms with Gasteiger partial charge in [-0.05, 0) is 32.1 Å². The van der Waals surface area contributed by atoms with Gasteiger partial charge in [0.15, 0.2) is 0 Å². The molecule has 0 heterocycles. The zero-order valence-electron chi connectivity index (χ0n) is 14.4. The number of aliphatic imine (C=N–C) groups is 1. The highest BCUT2D eigenvalue weighted by Gasteiger charge is 2.46. The molecule has 0 aromatic rings. The molecule has 0 amide bonds. The second-order valence-electron chi connectivity index (χ2n) is 5.71. The van der Waals surface area contributed by atoms with Gasteiger partial charge in [0, 0.05) is 39.1 Å². The second kappa shape index (κ2) is 10.5. The summed E-state index contributed by atoms with van der Waals surface area (Å²) < 4.78 is 16.9. The number of nitrogens with zero attached hydrogens (tertiary/aromatic N) is 1. The molecule has 20 heavy (non-hydrogen) atoms. The lowest BCUT2D eigenvalue weighted by molar-refractivity contribution is 0.108. The van der Waals surface area contributed by atoms with Crippen LogP contribution in [-0.2, 0) is 13.3 Å². The molecule has 1 atom stereocenters. The van der Waals surface area contributed by atoms with Crippen LogP contribution in [0.5, 0.6) is 0 Å². The summed E-state index contributed by atoms with van der Waals surface area (Å²) in [6.45, 7) is 9.56. The molecule has 0 aliphatic heterocycles. The number of rotatable bonds is 11. The van der Waals surface area contributed by atoms with Crippen LogP contribution in [-0.4, -0.2) is 42.4 Å². The highest BCUT2D eigenvalue weighted by molar-refractivity contribution is 6.62. The molecule has 0 rings (SSSR count). The van der Waals surface area contributed by atoms with Gasteiger partial charge in [-0.25, -0.2) is 0 Å². The summed E-state index contributed by atoms with van der Waals surface area (Å²) in [7, 11) is 2.53. The summed E-state index contributed by atoms with van der Waals surface area (Å²) in [6.07, 6.45) is 4.19. The van der Waals surface area contributed by atoms with Crippen molar-refractivity contribution in [1.82, 2.24) is 0 Å². The highest BCUT2D eigenvalue weighted by Crippen LogP contribution is 2.32. The first-order valence-corrected chi connectivity index (χ1v) is 9.41. The zero-order valence-corrected chi connectivity index (χ0v) is 15.4. The number of hydrogen-bond donors (Lipinski definition) is 0. The average molecular weight is 304 g/mol. The van der Waals surface area contributed by atoms with Crippen molar-refractivity contribution in [3.8, 4) is 0 Å². The summed E-state index contributed by atoms with van der Waals surface area (Å²) in [5, 5.41) is 0. The molecule has 5 heteroatoms. The molecule has 0 N–H and O–H groups in total. The smallest absolute Gasteiger partial charge is 0.377 e. The summed E-state index contributed by atoms with van der Waals surface area (Å²) in [4.78, 5) is 4.67. The van der Waals surface area contributed by atoms with Crippen molar-refractivity contribution < 1.29 is 13.3 Å². The van der Waals surface area contributed by atoms with Gasteiger partial charge in [-0.15, -0.1) is 0 Å². The Labute approximate surface area is 126 Å². The predicted octanol–water partition coefficient (Wildman–Crippen LogP) is 3.93. The summed E-state index contributed by atoms with van der Waals surface area (Å²) in [5.74, 6) is 0.663. The van der Waals surface area contributed by atoms with Crippen LogP contribution in [0.1, 0.15) is 53.4 Å². The van der Waals surface area contributed by atoms with Crippen molar-refractivity contribution in [3.63, 3.8) is 0 Å². The fourth-order valence-electron chi connectivity index (χ4n) is 2.66. The first kappa shape index (κ1) is 19.8. The molecular weight excluding hydrogens is 270 g/mol. The van der Waals surface area contributed by atoms with Gasteiger partial charge in [0.2, 0.25) is 0 Å². The first-order chi connectivity index (χ1) is 9.45. The quantitative estimate of drug-likeness (QED) is 0.429. The molecule has 0 saturated carbocycles. The van der Waals surface area contributed by atoms with Gasteiger partial charge in [0.1, 0.15) is 0 Å². The van der Waals surface area contributed by atoms with Crippen molar-refractivity contribution >= 4 is 14.5 Å². The monoisotopic (exact) mass is 303 g/mol. The predicted molar refractivity (Wildman–Crippen MR) is 87.5 cm³/mol. The van der Waals surface area contributed by atoms with E-state index in [9.17, 15) is 0 Å². The maximum Gasteiger partial charge on any atom is 0.503 e. The summed E-state index contributed by atoms with van der Waals surface area (Å²) >= 11 is 0. The van der Waals surface area contributed by atoms with Gasteiger partial charge in [0.25, 0.3) is 0 Å². The van der Waals surface area contributed by atoms with Crippen LogP contribution in [0.25, 0.3) is 0 Å². The van der Waals surface area contributed by atoms with E-state index < -0.39 is 8.80 Å². The fraction of sp³-hybridized carbons (Fsp3) is 0.933. The van der Waals surface area contributed by atoms with Crippen molar-refractivity contribution in [2.24, 2.45) is 10.9 Å². The van der Waals surface area contributed by atoms with E-state index in [4.69, 9.17) is 13.3 Å². The maximum absolute atomic E-state index is 5.62. The lowest BCUT2D eigenvalue weighted by Gasteiger charge is -2.32. The summed E-state index contributed by atoms with van der Waals surface area (Å²) in [6, 6.07) is 0. The van der Waals surface area contributed by atoms with Crippen molar-refractivity contribution in [2.75, 3.05) is 27.9 Å². The molecule has 0 aliphatic rings. The SMILES string of the molecule is CCCC(CC/N=C(/C)CC(C)C)[Si](OC)(OC)OC. The van der Waals surface area contributed by atoms with Crippen LogP contribution in [0.3, 0.4) is 0 Å². The third-order valence-corrected chi connectivity index (χ3v) is 6.84. The minimum atomic E-state index is -2.54. The Morgan fingerprint density at radius 2 is 1.60 bits per heavy atom. The molecular formula is C15H33NO3Si. The molecule has 0 radical (unpaired) electrons. The van der Waals surface area contributed by atoms with Gasteiger partial charge >= 0.3 is 8.80 Å². The lowest BCUT2D eigenvalue weighted by Crippen LogP contribution is -2.48. The van der Waals surface area contributed by atoms with Crippen LogP contribution in [0.4, 0.5) is 0 Å². The van der Waals surface area contributed by atoms with Gasteiger partial charge in [0.05, 0.1) is 0 Å². The Morgan fingerprint density at radius 1 is 1.05 bits per heavy atom. The Hall–Kier alpha value is -0.233. The molecule has 120 valence electrons. The average Bonchev–Trinajstić information content (AvgIpc) is 2.40. The third kappa shape index (κ3) is 6.48. The maximum atomic E-state index is 5.62. The molecule has 0 spiro atoms. The van der Waals surface area contributed by atoms with Gasteiger partial charge in [-0.3, -0.25) is 4.99 Å². The number of hydrogen-bond acceptors (Lipinski definition) is 4. The Kier molecular flexibility index (Phi) is 10.4. The Bertz CT molecular complexity index is 270. The van der Waals surface area contributed by atoms with Crippen molar-refractivity contribution in [3.05, 3.63) is 0 Å². The van der Waals surface area contributed by atoms with Crippen LogP contribution >= 0.6 is 0 Å². The standard InChI is InChI=1S/C15H33NO3Si/c1-8-9-15(20(17-5,18-6)19-7)10-11-16-14(4)12-13(2)3/h13,15H,8-12H2,1-7H3/b16-14-. The molecule has 0 aliphatic carbocycles. The van der Waals surface area contributed by atoms with Crippen molar-refractivity contribution in [1.29, 1.82) is 0 Å². The van der Waals surface area contributed by atoms with E-state index in [0.29, 0.717) is 11.5 Å². The molecule has 1 unspecified atom stereocenters. The zero-order chi connectivity index (χ0) is 15.6. The lowest BCUT2D eigenvalue weighted by atomic mass is 10.1. The molecule has 0 aromatic heterocycles. The van der Waals surface area contributed by atoms with E-state index in [-0.39, 0.29) is 0 Å². The van der Waals surface area contributed by atoms with E-state index >= 15 is 0 Å². The highest BCUT2D eigenvalue weighted by atomic mass is 28.4. The minimum Gasteiger partial charge on any atom is -0.377 e. The van der Waals surface area contributed by atoms with E-state index in [1.165, 1.54) is 5.71 Å². The van der Waals surface area contributed by atoms with E-state index in [2.05, 4.69) is 32.7 Å². The molecule has 0 saturated heterocycles. The van der Waals surface area contributed by atoms with Crippen molar-refractivity contribution in [2.45, 2.75) is 58.9 Å². The topological polar surface area (TPSA) is 40.0 Å². The second-order valence-corrected chi connectivity index (χ2v) is 8.95. The van der Waals surface area contributed by atoms with Gasteiger partial charge in [-0.1, -0.05) is 27.2 Å². The molecule has 0 bridgehead atoms. The molecule has 4 nitrogen and oxygen atoms in total. The molecule has 0 aromatic carbocycles. The largest absolute Gasteiger partial charge is 0.503 e. The van der Waals surface area contributed by atoms with Crippen LogP contribution in [0.2, 0.25) is 5.54 Å².